The Morgan fingerprint density at radius 2 is 1.83 bits per heavy atom. The van der Waals surface area contributed by atoms with Gasteiger partial charge < -0.3 is 11.1 Å². The molecule has 0 saturated heterocycles. The maximum Gasteiger partial charge on any atom is 0.00793 e. The Balaban J connectivity index is 2.42. The molecule has 0 aliphatic heterocycles. The zero-order valence-corrected chi connectivity index (χ0v) is 12.2. The van der Waals surface area contributed by atoms with Crippen LogP contribution in [0.15, 0.2) is 24.3 Å². The van der Waals surface area contributed by atoms with Crippen molar-refractivity contribution in [3.63, 3.8) is 0 Å². The Kier molecular flexibility index (Phi) is 6.37. The summed E-state index contributed by atoms with van der Waals surface area (Å²) in [5.74, 6) is 1.22. The molecule has 2 atom stereocenters. The predicted octanol–water partition coefficient (Wildman–Crippen LogP) is 2.75. The average Bonchev–Trinajstić information content (AvgIpc) is 2.32. The van der Waals surface area contributed by atoms with Crippen molar-refractivity contribution in [2.45, 2.75) is 40.2 Å². The summed E-state index contributed by atoms with van der Waals surface area (Å²) in [6.07, 6.45) is 1.09. The maximum absolute atomic E-state index is 5.80. The van der Waals surface area contributed by atoms with Crippen molar-refractivity contribution in [1.29, 1.82) is 0 Å². The van der Waals surface area contributed by atoms with Crippen molar-refractivity contribution < 1.29 is 0 Å². The molecule has 2 nitrogen and oxygen atoms in total. The van der Waals surface area contributed by atoms with Crippen molar-refractivity contribution in [3.05, 3.63) is 35.4 Å². The predicted molar refractivity (Wildman–Crippen MR) is 79.7 cm³/mol. The van der Waals surface area contributed by atoms with Crippen LogP contribution in [0.5, 0.6) is 0 Å². The molecule has 2 unspecified atom stereocenters. The van der Waals surface area contributed by atoms with Gasteiger partial charge in [0.05, 0.1) is 0 Å². The van der Waals surface area contributed by atoms with Gasteiger partial charge in [-0.3, -0.25) is 0 Å². The fourth-order valence-corrected chi connectivity index (χ4v) is 2.18. The van der Waals surface area contributed by atoms with E-state index in [1.54, 1.807) is 0 Å². The molecule has 18 heavy (non-hydrogen) atoms. The molecule has 1 aromatic carbocycles. The lowest BCUT2D eigenvalue weighted by atomic mass is 9.95. The van der Waals surface area contributed by atoms with E-state index in [9.17, 15) is 0 Å². The van der Waals surface area contributed by atoms with Crippen LogP contribution in [0.25, 0.3) is 0 Å². The van der Waals surface area contributed by atoms with Crippen molar-refractivity contribution in [2.75, 3.05) is 13.1 Å². The molecule has 1 rings (SSSR count). The minimum atomic E-state index is 0.499. The van der Waals surface area contributed by atoms with Crippen molar-refractivity contribution in [3.8, 4) is 0 Å². The smallest absolute Gasteiger partial charge is 0.00793 e. The molecule has 0 spiro atoms. The van der Waals surface area contributed by atoms with Gasteiger partial charge in [-0.15, -0.1) is 0 Å². The Morgan fingerprint density at radius 1 is 1.17 bits per heavy atom. The van der Waals surface area contributed by atoms with Gasteiger partial charge in [0.15, 0.2) is 0 Å². The normalized spacial score (nSPS) is 14.8. The molecule has 0 aromatic heterocycles. The molecular weight excluding hydrogens is 220 g/mol. The highest BCUT2D eigenvalue weighted by Crippen LogP contribution is 2.11. The second-order valence-corrected chi connectivity index (χ2v) is 5.68. The summed E-state index contributed by atoms with van der Waals surface area (Å²) in [5.41, 5.74) is 8.61. The first kappa shape index (κ1) is 15.2. The number of nitrogens with two attached hydrogens (primary N) is 1. The summed E-state index contributed by atoms with van der Waals surface area (Å²) < 4.78 is 0. The molecule has 1 aromatic rings. The van der Waals surface area contributed by atoms with Gasteiger partial charge >= 0.3 is 0 Å². The largest absolute Gasteiger partial charge is 0.330 e. The molecule has 0 bridgehead atoms. The Bertz CT molecular complexity index is 347. The summed E-state index contributed by atoms with van der Waals surface area (Å²) in [6.45, 7) is 10.7. The highest BCUT2D eigenvalue weighted by atomic mass is 14.9. The van der Waals surface area contributed by atoms with E-state index in [4.69, 9.17) is 5.73 Å². The molecular formula is C16H28N2. The highest BCUT2D eigenvalue weighted by molar-refractivity contribution is 5.26. The van der Waals surface area contributed by atoms with Crippen LogP contribution in [0.3, 0.4) is 0 Å². The van der Waals surface area contributed by atoms with Gasteiger partial charge in [0.25, 0.3) is 0 Å². The standard InChI is InChI=1S/C16H28N2/c1-12(2)16(10-17)11-18-14(4)9-15-8-6-5-7-13(15)3/h5-8,12,14,16,18H,9-11,17H2,1-4H3. The van der Waals surface area contributed by atoms with Gasteiger partial charge in [0.2, 0.25) is 0 Å². The van der Waals surface area contributed by atoms with Gasteiger partial charge in [0.1, 0.15) is 0 Å². The van der Waals surface area contributed by atoms with Crippen molar-refractivity contribution in [2.24, 2.45) is 17.6 Å². The Hall–Kier alpha value is -0.860. The molecule has 0 radical (unpaired) electrons. The van der Waals surface area contributed by atoms with Crippen LogP contribution < -0.4 is 11.1 Å². The number of hydrogen-bond acceptors (Lipinski definition) is 2. The van der Waals surface area contributed by atoms with E-state index >= 15 is 0 Å². The average molecular weight is 248 g/mol. The van der Waals surface area contributed by atoms with Crippen LogP contribution in [0.1, 0.15) is 31.9 Å². The lowest BCUT2D eigenvalue weighted by molar-refractivity contribution is 0.353. The highest BCUT2D eigenvalue weighted by Gasteiger charge is 2.13. The molecule has 2 heteroatoms. The van der Waals surface area contributed by atoms with Gasteiger partial charge in [-0.2, -0.15) is 0 Å². The minimum absolute atomic E-state index is 0.499. The molecule has 102 valence electrons. The summed E-state index contributed by atoms with van der Waals surface area (Å²) in [4.78, 5) is 0. The minimum Gasteiger partial charge on any atom is -0.330 e. The van der Waals surface area contributed by atoms with E-state index in [-0.39, 0.29) is 0 Å². The number of nitrogens with one attached hydrogen (secondary N) is 1. The third-order valence-corrected chi connectivity index (χ3v) is 3.76. The fraction of sp³-hybridized carbons (Fsp3) is 0.625. The van der Waals surface area contributed by atoms with E-state index in [2.05, 4.69) is 57.3 Å². The van der Waals surface area contributed by atoms with Crippen LogP contribution in [0.4, 0.5) is 0 Å². The van der Waals surface area contributed by atoms with Gasteiger partial charge in [-0.05, 0) is 56.3 Å². The van der Waals surface area contributed by atoms with E-state index in [0.717, 1.165) is 19.5 Å². The van der Waals surface area contributed by atoms with E-state index in [1.807, 2.05) is 0 Å². The summed E-state index contributed by atoms with van der Waals surface area (Å²) in [7, 11) is 0. The summed E-state index contributed by atoms with van der Waals surface area (Å²) >= 11 is 0. The number of hydrogen-bond donors (Lipinski definition) is 2. The number of rotatable bonds is 7. The Morgan fingerprint density at radius 3 is 2.39 bits per heavy atom. The van der Waals surface area contributed by atoms with E-state index in [1.165, 1.54) is 11.1 Å². The lowest BCUT2D eigenvalue weighted by Crippen LogP contribution is -2.37. The van der Waals surface area contributed by atoms with Crippen LogP contribution in [0, 0.1) is 18.8 Å². The molecule has 0 aliphatic rings. The summed E-state index contributed by atoms with van der Waals surface area (Å²) in [6, 6.07) is 9.11. The van der Waals surface area contributed by atoms with Gasteiger partial charge in [-0.25, -0.2) is 0 Å². The van der Waals surface area contributed by atoms with Crippen molar-refractivity contribution in [1.82, 2.24) is 5.32 Å². The monoisotopic (exact) mass is 248 g/mol. The Labute approximate surface area is 112 Å². The van der Waals surface area contributed by atoms with E-state index < -0.39 is 0 Å². The topological polar surface area (TPSA) is 38.0 Å². The molecule has 3 N–H and O–H groups in total. The number of benzene rings is 1. The van der Waals surface area contributed by atoms with Crippen LogP contribution in [0.2, 0.25) is 0 Å². The zero-order chi connectivity index (χ0) is 13.5. The first-order chi connectivity index (χ1) is 8.54. The van der Waals surface area contributed by atoms with E-state index in [0.29, 0.717) is 17.9 Å². The maximum atomic E-state index is 5.80. The first-order valence-electron chi connectivity index (χ1n) is 7.02. The van der Waals surface area contributed by atoms with Gasteiger partial charge in [-0.1, -0.05) is 38.1 Å². The number of aryl methyl sites for hydroxylation is 1. The zero-order valence-electron chi connectivity index (χ0n) is 12.2. The summed E-state index contributed by atoms with van der Waals surface area (Å²) in [5, 5.41) is 3.61. The second kappa shape index (κ2) is 7.55. The van der Waals surface area contributed by atoms with Crippen LogP contribution in [-0.4, -0.2) is 19.1 Å². The van der Waals surface area contributed by atoms with Crippen LogP contribution >= 0.6 is 0 Å². The third kappa shape index (κ3) is 4.79. The molecule has 0 saturated carbocycles. The molecule has 0 fully saturated rings. The van der Waals surface area contributed by atoms with Crippen LogP contribution in [-0.2, 0) is 6.42 Å². The van der Waals surface area contributed by atoms with Gasteiger partial charge in [0, 0.05) is 6.04 Å². The quantitative estimate of drug-likeness (QED) is 0.778. The molecule has 0 aliphatic carbocycles. The fourth-order valence-electron chi connectivity index (χ4n) is 2.18. The second-order valence-electron chi connectivity index (χ2n) is 5.68. The SMILES string of the molecule is Cc1ccccc1CC(C)NCC(CN)C(C)C. The third-order valence-electron chi connectivity index (χ3n) is 3.76. The lowest BCUT2D eigenvalue weighted by Gasteiger charge is -2.22. The van der Waals surface area contributed by atoms with Crippen molar-refractivity contribution >= 4 is 0 Å². The molecule has 0 amide bonds. The molecule has 0 heterocycles. The first-order valence-corrected chi connectivity index (χ1v) is 7.02.